The Morgan fingerprint density at radius 1 is 1.03 bits per heavy atom. The van der Waals surface area contributed by atoms with Crippen LogP contribution < -0.4 is 15.4 Å². The quantitative estimate of drug-likeness (QED) is 0.557. The molecule has 162 valence electrons. The summed E-state index contributed by atoms with van der Waals surface area (Å²) in [6.07, 6.45) is 2.08. The number of aromatic nitrogens is 2. The van der Waals surface area contributed by atoms with Crippen LogP contribution in [0.1, 0.15) is 25.1 Å². The summed E-state index contributed by atoms with van der Waals surface area (Å²) in [6.45, 7) is 4.09. The van der Waals surface area contributed by atoms with E-state index in [0.717, 1.165) is 22.7 Å². The Hall–Kier alpha value is -3.61. The minimum Gasteiger partial charge on any atom is -0.497 e. The number of nitrogens with one attached hydrogen (secondary N) is 2. The van der Waals surface area contributed by atoms with E-state index in [1.54, 1.807) is 11.8 Å². The third kappa shape index (κ3) is 6.18. The molecule has 2 N–H and O–H groups in total. The van der Waals surface area contributed by atoms with Gasteiger partial charge in [-0.05, 0) is 41.8 Å². The molecule has 1 atom stereocenters. The molecule has 0 saturated carbocycles. The first-order valence-corrected chi connectivity index (χ1v) is 10.3. The lowest BCUT2D eigenvalue weighted by Crippen LogP contribution is -2.49. The molecule has 1 unspecified atom stereocenters. The average Bonchev–Trinajstić information content (AvgIpc) is 3.25. The number of rotatable bonds is 9. The monoisotopic (exact) mass is 420 g/mol. The Morgan fingerprint density at radius 2 is 1.74 bits per heavy atom. The van der Waals surface area contributed by atoms with Crippen molar-refractivity contribution in [1.82, 2.24) is 20.4 Å². The highest BCUT2D eigenvalue weighted by molar-refractivity contribution is 5.88. The van der Waals surface area contributed by atoms with Crippen LogP contribution in [-0.2, 0) is 22.6 Å². The maximum Gasteiger partial charge on any atom is 0.243 e. The van der Waals surface area contributed by atoms with Crippen molar-refractivity contribution in [2.24, 2.45) is 5.92 Å². The molecule has 2 aromatic carbocycles. The van der Waals surface area contributed by atoms with Gasteiger partial charge in [-0.3, -0.25) is 9.59 Å². The van der Waals surface area contributed by atoms with Crippen molar-refractivity contribution < 1.29 is 14.3 Å². The summed E-state index contributed by atoms with van der Waals surface area (Å²) >= 11 is 0. The van der Waals surface area contributed by atoms with Gasteiger partial charge in [0.05, 0.1) is 31.5 Å². The van der Waals surface area contributed by atoms with Crippen molar-refractivity contribution in [3.05, 3.63) is 78.1 Å². The Kier molecular flexibility index (Phi) is 7.43. The summed E-state index contributed by atoms with van der Waals surface area (Å²) in [5.74, 6) is 0.327. The Labute approximate surface area is 182 Å². The molecule has 7 nitrogen and oxygen atoms in total. The van der Waals surface area contributed by atoms with Crippen molar-refractivity contribution in [2.75, 3.05) is 7.11 Å². The topological polar surface area (TPSA) is 85.2 Å². The molecule has 0 spiro atoms. The van der Waals surface area contributed by atoms with Crippen LogP contribution in [0.15, 0.2) is 66.9 Å². The number of amides is 2. The van der Waals surface area contributed by atoms with Gasteiger partial charge in [0, 0.05) is 6.20 Å². The zero-order valence-electron chi connectivity index (χ0n) is 18.0. The van der Waals surface area contributed by atoms with Gasteiger partial charge in [-0.25, -0.2) is 4.68 Å². The lowest BCUT2D eigenvalue weighted by Gasteiger charge is -2.21. The van der Waals surface area contributed by atoms with Gasteiger partial charge < -0.3 is 15.4 Å². The van der Waals surface area contributed by atoms with Crippen LogP contribution in [-0.4, -0.2) is 34.7 Å². The van der Waals surface area contributed by atoms with E-state index in [0.29, 0.717) is 0 Å². The minimum atomic E-state index is -0.611. The van der Waals surface area contributed by atoms with Crippen LogP contribution in [0.5, 0.6) is 5.75 Å². The number of methoxy groups -OCH3 is 1. The molecular formula is C24H28N4O3. The maximum absolute atomic E-state index is 12.7. The van der Waals surface area contributed by atoms with Crippen molar-refractivity contribution in [2.45, 2.75) is 32.9 Å². The molecule has 7 heteroatoms. The van der Waals surface area contributed by atoms with Crippen LogP contribution in [0.2, 0.25) is 0 Å². The normalized spacial score (nSPS) is 11.7. The maximum atomic E-state index is 12.7. The van der Waals surface area contributed by atoms with E-state index in [1.165, 1.54) is 0 Å². The predicted octanol–water partition coefficient (Wildman–Crippen LogP) is 2.88. The molecule has 0 radical (unpaired) electrons. The SMILES string of the molecule is COc1ccc(-n2ccc(CNC(=O)C(NC(=O)Cc3ccccc3)C(C)C)n2)cc1. The van der Waals surface area contributed by atoms with Crippen LogP contribution in [0, 0.1) is 5.92 Å². The highest BCUT2D eigenvalue weighted by Crippen LogP contribution is 2.14. The van der Waals surface area contributed by atoms with Gasteiger partial charge in [-0.1, -0.05) is 44.2 Å². The van der Waals surface area contributed by atoms with Gasteiger partial charge in [0.15, 0.2) is 0 Å². The molecule has 2 amide bonds. The van der Waals surface area contributed by atoms with Gasteiger partial charge in [0.1, 0.15) is 11.8 Å². The van der Waals surface area contributed by atoms with Crippen molar-refractivity contribution in [3.63, 3.8) is 0 Å². The zero-order valence-corrected chi connectivity index (χ0v) is 18.0. The number of nitrogens with zero attached hydrogens (tertiary/aromatic N) is 2. The van der Waals surface area contributed by atoms with Crippen molar-refractivity contribution in [1.29, 1.82) is 0 Å². The first-order chi connectivity index (χ1) is 15.0. The Morgan fingerprint density at radius 3 is 2.39 bits per heavy atom. The predicted molar refractivity (Wildman–Crippen MR) is 119 cm³/mol. The van der Waals surface area contributed by atoms with E-state index < -0.39 is 6.04 Å². The number of ether oxygens (including phenoxy) is 1. The third-order valence-corrected chi connectivity index (χ3v) is 4.90. The summed E-state index contributed by atoms with van der Waals surface area (Å²) in [5.41, 5.74) is 2.53. The Bertz CT molecular complexity index is 997. The number of carbonyl (C=O) groups excluding carboxylic acids is 2. The molecule has 0 aliphatic heterocycles. The van der Waals surface area contributed by atoms with E-state index in [9.17, 15) is 9.59 Å². The standard InChI is InChI=1S/C24H28N4O3/c1-17(2)23(26-22(29)15-18-7-5-4-6-8-18)24(30)25-16-19-13-14-28(27-19)20-9-11-21(31-3)12-10-20/h4-14,17,23H,15-16H2,1-3H3,(H,25,30)(H,26,29). The first kappa shape index (κ1) is 22.1. The molecule has 0 bridgehead atoms. The van der Waals surface area contributed by atoms with Crippen LogP contribution >= 0.6 is 0 Å². The van der Waals surface area contributed by atoms with Gasteiger partial charge in [0.2, 0.25) is 11.8 Å². The number of hydrogen-bond donors (Lipinski definition) is 2. The summed E-state index contributed by atoms with van der Waals surface area (Å²) in [5, 5.41) is 10.2. The number of benzene rings is 2. The molecule has 0 fully saturated rings. The number of hydrogen-bond acceptors (Lipinski definition) is 4. The fourth-order valence-corrected chi connectivity index (χ4v) is 3.16. The van der Waals surface area contributed by atoms with Crippen LogP contribution in [0.4, 0.5) is 0 Å². The second kappa shape index (κ2) is 10.4. The highest BCUT2D eigenvalue weighted by atomic mass is 16.5. The summed E-state index contributed by atoms with van der Waals surface area (Å²) in [6, 6.07) is 18.3. The van der Waals surface area contributed by atoms with Gasteiger partial charge in [-0.15, -0.1) is 0 Å². The molecule has 0 aliphatic carbocycles. The summed E-state index contributed by atoms with van der Waals surface area (Å²) in [4.78, 5) is 25.1. The highest BCUT2D eigenvalue weighted by Gasteiger charge is 2.24. The summed E-state index contributed by atoms with van der Waals surface area (Å²) < 4.78 is 6.91. The van der Waals surface area contributed by atoms with E-state index in [1.807, 2.05) is 80.7 Å². The summed E-state index contributed by atoms with van der Waals surface area (Å²) in [7, 11) is 1.62. The molecule has 1 aromatic heterocycles. The fraction of sp³-hybridized carbons (Fsp3) is 0.292. The van der Waals surface area contributed by atoms with E-state index in [-0.39, 0.29) is 30.7 Å². The lowest BCUT2D eigenvalue weighted by atomic mass is 10.0. The first-order valence-electron chi connectivity index (χ1n) is 10.3. The fourth-order valence-electron chi connectivity index (χ4n) is 3.16. The Balaban J connectivity index is 1.56. The van der Waals surface area contributed by atoms with Gasteiger partial charge in [-0.2, -0.15) is 5.10 Å². The molecule has 0 saturated heterocycles. The third-order valence-electron chi connectivity index (χ3n) is 4.90. The zero-order chi connectivity index (χ0) is 22.2. The van der Waals surface area contributed by atoms with E-state index in [4.69, 9.17) is 4.74 Å². The smallest absolute Gasteiger partial charge is 0.243 e. The minimum absolute atomic E-state index is 0.0448. The molecular weight excluding hydrogens is 392 g/mol. The largest absolute Gasteiger partial charge is 0.497 e. The van der Waals surface area contributed by atoms with Crippen LogP contribution in [0.3, 0.4) is 0 Å². The van der Waals surface area contributed by atoms with Gasteiger partial charge in [0.25, 0.3) is 0 Å². The van der Waals surface area contributed by atoms with Crippen LogP contribution in [0.25, 0.3) is 5.69 Å². The average molecular weight is 421 g/mol. The van der Waals surface area contributed by atoms with E-state index >= 15 is 0 Å². The second-order valence-corrected chi connectivity index (χ2v) is 7.62. The molecule has 0 aliphatic rings. The lowest BCUT2D eigenvalue weighted by molar-refractivity contribution is -0.129. The second-order valence-electron chi connectivity index (χ2n) is 7.62. The molecule has 31 heavy (non-hydrogen) atoms. The number of carbonyl (C=O) groups is 2. The molecule has 3 rings (SSSR count). The van der Waals surface area contributed by atoms with Crippen molar-refractivity contribution in [3.8, 4) is 11.4 Å². The van der Waals surface area contributed by atoms with E-state index in [2.05, 4.69) is 15.7 Å². The van der Waals surface area contributed by atoms with Crippen molar-refractivity contribution >= 4 is 11.8 Å². The van der Waals surface area contributed by atoms with Gasteiger partial charge >= 0.3 is 0 Å². The molecule has 3 aromatic rings. The molecule has 1 heterocycles.